The maximum Gasteiger partial charge on any atom is 0.496 e. The van der Waals surface area contributed by atoms with Crippen molar-refractivity contribution in [1.29, 1.82) is 0 Å². The predicted molar refractivity (Wildman–Crippen MR) is 82.6 cm³/mol. The molecule has 1 N–H and O–H groups in total. The van der Waals surface area contributed by atoms with Crippen LogP contribution in [0.15, 0.2) is 12.1 Å². The van der Waals surface area contributed by atoms with Crippen LogP contribution in [-0.4, -0.2) is 24.9 Å². The Balaban J connectivity index is 1.96. The summed E-state index contributed by atoms with van der Waals surface area (Å²) in [5, 5.41) is 4.09. The molecule has 5 heteroatoms. The molecule has 20 heavy (non-hydrogen) atoms. The molecule has 3 rings (SSSR count). The van der Waals surface area contributed by atoms with Gasteiger partial charge in [-0.25, -0.2) is 0 Å². The van der Waals surface area contributed by atoms with Gasteiger partial charge in [-0.05, 0) is 57.9 Å². The third-order valence-electron chi connectivity index (χ3n) is 4.71. The highest BCUT2D eigenvalue weighted by atomic mass is 35.5. The minimum absolute atomic E-state index is 0.335. The van der Waals surface area contributed by atoms with Crippen LogP contribution in [-0.2, 0) is 22.3 Å². The molecule has 0 atom stereocenters. The minimum atomic E-state index is -0.382. The van der Waals surface area contributed by atoms with E-state index in [1.165, 1.54) is 11.1 Å². The van der Waals surface area contributed by atoms with E-state index in [0.717, 1.165) is 30.0 Å². The summed E-state index contributed by atoms with van der Waals surface area (Å²) < 4.78 is 12.2. The lowest BCUT2D eigenvalue weighted by Gasteiger charge is -2.32. The summed E-state index contributed by atoms with van der Waals surface area (Å²) in [6.45, 7) is 10.1. The average Bonchev–Trinajstić information content (AvgIpc) is 2.57. The van der Waals surface area contributed by atoms with E-state index in [1.807, 2.05) is 6.07 Å². The van der Waals surface area contributed by atoms with Gasteiger partial charge < -0.3 is 14.6 Å². The van der Waals surface area contributed by atoms with Gasteiger partial charge in [-0.1, -0.05) is 17.7 Å². The van der Waals surface area contributed by atoms with Crippen LogP contribution < -0.4 is 10.8 Å². The predicted octanol–water partition coefficient (Wildman–Crippen LogP) is 2.28. The highest BCUT2D eigenvalue weighted by Crippen LogP contribution is 2.37. The molecule has 0 aromatic heterocycles. The Hall–Kier alpha value is -0.545. The van der Waals surface area contributed by atoms with Gasteiger partial charge in [0.15, 0.2) is 0 Å². The molecule has 1 aromatic rings. The molecular formula is C15H21BClNO2. The highest BCUT2D eigenvalue weighted by Gasteiger charge is 2.52. The van der Waals surface area contributed by atoms with E-state index in [4.69, 9.17) is 20.9 Å². The summed E-state index contributed by atoms with van der Waals surface area (Å²) in [5.74, 6) is 0. The fraction of sp³-hybridized carbons (Fsp3) is 0.600. The lowest BCUT2D eigenvalue weighted by atomic mass is 9.77. The first-order valence-corrected chi connectivity index (χ1v) is 7.55. The minimum Gasteiger partial charge on any atom is -0.399 e. The van der Waals surface area contributed by atoms with Crippen LogP contribution >= 0.6 is 11.6 Å². The summed E-state index contributed by atoms with van der Waals surface area (Å²) in [4.78, 5) is 0. The summed E-state index contributed by atoms with van der Waals surface area (Å²) in [6.07, 6.45) is 1.03. The van der Waals surface area contributed by atoms with Crippen LogP contribution in [0, 0.1) is 0 Å². The first-order chi connectivity index (χ1) is 9.30. The van der Waals surface area contributed by atoms with Crippen LogP contribution in [0.4, 0.5) is 0 Å². The zero-order valence-electron chi connectivity index (χ0n) is 12.5. The van der Waals surface area contributed by atoms with E-state index in [0.29, 0.717) is 0 Å². The monoisotopic (exact) mass is 293 g/mol. The van der Waals surface area contributed by atoms with E-state index < -0.39 is 0 Å². The Labute approximate surface area is 126 Å². The van der Waals surface area contributed by atoms with Crippen molar-refractivity contribution in [1.82, 2.24) is 5.32 Å². The van der Waals surface area contributed by atoms with Gasteiger partial charge in [0.2, 0.25) is 0 Å². The molecule has 1 saturated heterocycles. The molecule has 0 saturated carbocycles. The quantitative estimate of drug-likeness (QED) is 0.806. The van der Waals surface area contributed by atoms with Crippen LogP contribution in [0.1, 0.15) is 38.8 Å². The SMILES string of the molecule is CC1(C)OB(c2cc3c(cc2Cl)CNCC3)OC1(C)C. The second-order valence-corrected chi connectivity index (χ2v) is 7.06. The molecule has 2 heterocycles. The number of benzene rings is 1. The fourth-order valence-electron chi connectivity index (χ4n) is 2.67. The van der Waals surface area contributed by atoms with Crippen LogP contribution in [0.3, 0.4) is 0 Å². The van der Waals surface area contributed by atoms with Gasteiger partial charge >= 0.3 is 7.12 Å². The van der Waals surface area contributed by atoms with Crippen molar-refractivity contribution in [2.75, 3.05) is 6.54 Å². The Morgan fingerprint density at radius 3 is 2.40 bits per heavy atom. The Kier molecular flexibility index (Phi) is 3.41. The highest BCUT2D eigenvalue weighted by molar-refractivity contribution is 6.65. The molecule has 2 aliphatic heterocycles. The van der Waals surface area contributed by atoms with Crippen LogP contribution in [0.25, 0.3) is 0 Å². The number of hydrogen-bond donors (Lipinski definition) is 1. The summed E-state index contributed by atoms with van der Waals surface area (Å²) in [7, 11) is -0.382. The Morgan fingerprint density at radius 2 is 1.75 bits per heavy atom. The van der Waals surface area contributed by atoms with E-state index in [9.17, 15) is 0 Å². The molecule has 0 bridgehead atoms. The van der Waals surface area contributed by atoms with Crippen LogP contribution in [0.2, 0.25) is 5.02 Å². The number of fused-ring (bicyclic) bond motifs is 1. The fourth-order valence-corrected chi connectivity index (χ4v) is 2.95. The third-order valence-corrected chi connectivity index (χ3v) is 5.04. The third kappa shape index (κ3) is 2.29. The topological polar surface area (TPSA) is 30.5 Å². The van der Waals surface area contributed by atoms with Gasteiger partial charge in [0.25, 0.3) is 0 Å². The zero-order valence-corrected chi connectivity index (χ0v) is 13.3. The molecule has 1 fully saturated rings. The zero-order chi connectivity index (χ0) is 14.5. The van der Waals surface area contributed by atoms with E-state index >= 15 is 0 Å². The number of nitrogens with one attached hydrogen (secondary N) is 1. The average molecular weight is 294 g/mol. The first kappa shape index (κ1) is 14.4. The first-order valence-electron chi connectivity index (χ1n) is 7.18. The molecule has 0 radical (unpaired) electrons. The maximum atomic E-state index is 6.44. The van der Waals surface area contributed by atoms with Gasteiger partial charge in [0.1, 0.15) is 0 Å². The number of rotatable bonds is 1. The van der Waals surface area contributed by atoms with E-state index in [1.54, 1.807) is 0 Å². The van der Waals surface area contributed by atoms with Crippen molar-refractivity contribution in [2.45, 2.75) is 51.9 Å². The van der Waals surface area contributed by atoms with Crippen molar-refractivity contribution >= 4 is 24.2 Å². The van der Waals surface area contributed by atoms with Crippen molar-refractivity contribution in [3.8, 4) is 0 Å². The molecular weight excluding hydrogens is 272 g/mol. The van der Waals surface area contributed by atoms with Gasteiger partial charge in [-0.3, -0.25) is 0 Å². The number of halogens is 1. The van der Waals surface area contributed by atoms with Crippen molar-refractivity contribution in [3.05, 3.63) is 28.3 Å². The molecule has 1 aromatic carbocycles. The van der Waals surface area contributed by atoms with Gasteiger partial charge in [0.05, 0.1) is 11.2 Å². The van der Waals surface area contributed by atoms with E-state index in [-0.39, 0.29) is 18.3 Å². The van der Waals surface area contributed by atoms with Gasteiger partial charge in [-0.2, -0.15) is 0 Å². The molecule has 0 spiro atoms. The molecule has 0 aliphatic carbocycles. The summed E-state index contributed by atoms with van der Waals surface area (Å²) >= 11 is 6.44. The molecule has 3 nitrogen and oxygen atoms in total. The lowest BCUT2D eigenvalue weighted by molar-refractivity contribution is 0.00578. The van der Waals surface area contributed by atoms with Crippen molar-refractivity contribution in [2.24, 2.45) is 0 Å². The van der Waals surface area contributed by atoms with Gasteiger partial charge in [0, 0.05) is 17.0 Å². The van der Waals surface area contributed by atoms with Crippen molar-refractivity contribution < 1.29 is 9.31 Å². The smallest absolute Gasteiger partial charge is 0.399 e. The molecule has 2 aliphatic rings. The number of hydrogen-bond acceptors (Lipinski definition) is 3. The Bertz CT molecular complexity index is 529. The molecule has 0 unspecified atom stereocenters. The maximum absolute atomic E-state index is 6.44. The lowest BCUT2D eigenvalue weighted by Crippen LogP contribution is -2.41. The van der Waals surface area contributed by atoms with Crippen molar-refractivity contribution in [3.63, 3.8) is 0 Å². The molecule has 0 amide bonds. The second-order valence-electron chi connectivity index (χ2n) is 6.66. The summed E-state index contributed by atoms with van der Waals surface area (Å²) in [6, 6.07) is 4.20. The standard InChI is InChI=1S/C15H21BClNO2/c1-14(2)15(3,4)20-16(19-14)12-7-10-5-6-18-9-11(10)8-13(12)17/h7-8,18H,5-6,9H2,1-4H3. The second kappa shape index (κ2) is 4.74. The van der Waals surface area contributed by atoms with Gasteiger partial charge in [-0.15, -0.1) is 0 Å². The largest absolute Gasteiger partial charge is 0.496 e. The van der Waals surface area contributed by atoms with E-state index in [2.05, 4.69) is 39.1 Å². The Morgan fingerprint density at radius 1 is 1.10 bits per heavy atom. The molecule has 108 valence electrons. The summed E-state index contributed by atoms with van der Waals surface area (Å²) in [5.41, 5.74) is 2.90. The normalized spacial score (nSPS) is 23.8. The van der Waals surface area contributed by atoms with Crippen LogP contribution in [0.5, 0.6) is 0 Å².